The second kappa shape index (κ2) is 10.7. The molecule has 0 aliphatic heterocycles. The number of hydrogen-bond donors (Lipinski definition) is 1. The maximum absolute atomic E-state index is 13.3. The number of rotatable bonds is 10. The third-order valence-electron chi connectivity index (χ3n) is 7.09. The molecule has 1 atom stereocenters. The van der Waals surface area contributed by atoms with Crippen molar-refractivity contribution in [2.45, 2.75) is 85.5 Å². The van der Waals surface area contributed by atoms with Crippen LogP contribution in [0.2, 0.25) is 0 Å². The van der Waals surface area contributed by atoms with E-state index in [1.54, 1.807) is 6.20 Å². The molecule has 8 nitrogen and oxygen atoms in total. The Morgan fingerprint density at radius 1 is 1.14 bits per heavy atom. The van der Waals surface area contributed by atoms with Crippen molar-refractivity contribution in [2.75, 3.05) is 0 Å². The van der Waals surface area contributed by atoms with Crippen LogP contribution in [0.1, 0.15) is 81.1 Å². The van der Waals surface area contributed by atoms with E-state index in [-0.39, 0.29) is 17.1 Å². The molecule has 0 unspecified atom stereocenters. The number of hydrogen-bond acceptors (Lipinski definition) is 6. The second-order valence-corrected chi connectivity index (χ2v) is 10.4. The fourth-order valence-corrected chi connectivity index (χ4v) is 4.80. The summed E-state index contributed by atoms with van der Waals surface area (Å²) in [6.07, 6.45) is 6.38. The summed E-state index contributed by atoms with van der Waals surface area (Å²) >= 11 is 0. The molecule has 0 amide bonds. The van der Waals surface area contributed by atoms with Crippen LogP contribution in [0.3, 0.4) is 0 Å². The minimum atomic E-state index is -0.222. The molecule has 0 aliphatic carbocycles. The van der Waals surface area contributed by atoms with E-state index < -0.39 is 0 Å². The molecule has 1 N–H and O–H groups in total. The minimum Gasteiger partial charge on any atom is -0.321 e. The molecular formula is C28H37N7O. The molecule has 0 spiro atoms. The van der Waals surface area contributed by atoms with Crippen molar-refractivity contribution in [3.8, 4) is 0 Å². The second-order valence-electron chi connectivity index (χ2n) is 10.4. The van der Waals surface area contributed by atoms with E-state index in [4.69, 9.17) is 0 Å². The topological polar surface area (TPSA) is 92.6 Å². The molecule has 0 radical (unpaired) electrons. The minimum absolute atomic E-state index is 0.0608. The molecule has 36 heavy (non-hydrogen) atoms. The van der Waals surface area contributed by atoms with Crippen LogP contribution in [0.15, 0.2) is 47.5 Å². The zero-order valence-electron chi connectivity index (χ0n) is 22.2. The zero-order valence-corrected chi connectivity index (χ0v) is 22.2. The monoisotopic (exact) mass is 487 g/mol. The first-order chi connectivity index (χ1) is 17.2. The zero-order chi connectivity index (χ0) is 25.9. The summed E-state index contributed by atoms with van der Waals surface area (Å²) in [5.74, 6) is 0.830. The number of H-pyrrole nitrogens is 1. The summed E-state index contributed by atoms with van der Waals surface area (Å²) in [5.41, 5.74) is 4.67. The number of benzene rings is 1. The summed E-state index contributed by atoms with van der Waals surface area (Å²) < 4.78 is 1.96. The van der Waals surface area contributed by atoms with Gasteiger partial charge in [0.2, 0.25) is 0 Å². The third kappa shape index (κ3) is 5.38. The van der Waals surface area contributed by atoms with Gasteiger partial charge in [0.1, 0.15) is 0 Å². The Hall–Kier alpha value is -3.39. The van der Waals surface area contributed by atoms with Crippen LogP contribution in [-0.4, -0.2) is 35.1 Å². The van der Waals surface area contributed by atoms with Crippen molar-refractivity contribution in [2.24, 2.45) is 0 Å². The molecule has 3 heterocycles. The molecule has 0 saturated carbocycles. The fraction of sp³-hybridized carbons (Fsp3) is 0.464. The lowest BCUT2D eigenvalue weighted by Gasteiger charge is -2.33. The van der Waals surface area contributed by atoms with Gasteiger partial charge in [-0.25, -0.2) is 4.68 Å². The highest BCUT2D eigenvalue weighted by Crippen LogP contribution is 2.31. The molecule has 0 bridgehead atoms. The molecule has 4 rings (SSSR count). The first-order valence-electron chi connectivity index (χ1n) is 12.8. The van der Waals surface area contributed by atoms with Gasteiger partial charge in [-0.2, -0.15) is 0 Å². The van der Waals surface area contributed by atoms with E-state index in [1.165, 1.54) is 5.56 Å². The van der Waals surface area contributed by atoms with E-state index in [2.05, 4.69) is 83.2 Å². The summed E-state index contributed by atoms with van der Waals surface area (Å²) in [6.45, 7) is 13.8. The maximum atomic E-state index is 13.3. The number of pyridine rings is 2. The fourth-order valence-electron chi connectivity index (χ4n) is 4.80. The van der Waals surface area contributed by atoms with Gasteiger partial charge in [0, 0.05) is 31.0 Å². The van der Waals surface area contributed by atoms with E-state index in [0.717, 1.165) is 52.7 Å². The lowest BCUT2D eigenvalue weighted by atomic mass is 10.00. The average molecular weight is 488 g/mol. The molecular weight excluding hydrogens is 450 g/mol. The maximum Gasteiger partial charge on any atom is 0.252 e. The predicted molar refractivity (Wildman–Crippen MR) is 143 cm³/mol. The van der Waals surface area contributed by atoms with Crippen LogP contribution in [0.4, 0.5) is 0 Å². The Morgan fingerprint density at radius 3 is 2.64 bits per heavy atom. The highest BCUT2D eigenvalue weighted by molar-refractivity contribution is 5.82. The van der Waals surface area contributed by atoms with E-state index in [9.17, 15) is 4.79 Å². The van der Waals surface area contributed by atoms with Crippen molar-refractivity contribution < 1.29 is 0 Å². The number of fused-ring (bicyclic) bond motifs is 1. The number of nitrogens with one attached hydrogen (secondary N) is 1. The number of tetrazole rings is 1. The summed E-state index contributed by atoms with van der Waals surface area (Å²) in [4.78, 5) is 23.0. The Labute approximate surface area is 212 Å². The largest absolute Gasteiger partial charge is 0.321 e. The molecule has 4 aromatic rings. The number of aryl methyl sites for hydroxylation is 2. The number of aromatic nitrogens is 6. The van der Waals surface area contributed by atoms with Gasteiger partial charge >= 0.3 is 0 Å². The van der Waals surface area contributed by atoms with Gasteiger partial charge in [-0.05, 0) is 85.7 Å². The van der Waals surface area contributed by atoms with Crippen molar-refractivity contribution >= 4 is 10.9 Å². The molecule has 190 valence electrons. The van der Waals surface area contributed by atoms with Gasteiger partial charge in [0.25, 0.3) is 5.56 Å². The normalized spacial score (nSPS) is 13.0. The van der Waals surface area contributed by atoms with E-state index >= 15 is 0 Å². The molecule has 0 aliphatic rings. The van der Waals surface area contributed by atoms with Gasteiger partial charge in [-0.1, -0.05) is 38.0 Å². The lowest BCUT2D eigenvalue weighted by Crippen LogP contribution is -2.36. The Morgan fingerprint density at radius 2 is 1.94 bits per heavy atom. The lowest BCUT2D eigenvalue weighted by molar-refractivity contribution is 0.145. The predicted octanol–water partition coefficient (Wildman–Crippen LogP) is 5.22. The van der Waals surface area contributed by atoms with Crippen molar-refractivity contribution in [3.05, 3.63) is 81.2 Å². The van der Waals surface area contributed by atoms with Gasteiger partial charge in [0.05, 0.1) is 17.1 Å². The van der Waals surface area contributed by atoms with Crippen LogP contribution in [0.5, 0.6) is 0 Å². The summed E-state index contributed by atoms with van der Waals surface area (Å²) in [5, 5.41) is 14.0. The highest BCUT2D eigenvalue weighted by atomic mass is 16.1. The van der Waals surface area contributed by atoms with E-state index in [1.807, 2.05) is 29.9 Å². The van der Waals surface area contributed by atoms with Gasteiger partial charge in [0.15, 0.2) is 5.82 Å². The number of aromatic amines is 1. The standard InChI is InChI=1S/C28H37N7O/c1-7-10-24(26-31-32-33-35(26)28(5,6)8-2)34(17-21-11-9-12-29-16-21)18-23-15-22-14-19(3)13-20(4)25(22)30-27(23)36/h9,11-16,24H,7-8,10,17-18H2,1-6H3,(H,30,36)/t24-/m1/s1. The van der Waals surface area contributed by atoms with Crippen molar-refractivity contribution in [1.82, 2.24) is 35.1 Å². The Kier molecular flexibility index (Phi) is 7.64. The van der Waals surface area contributed by atoms with Crippen molar-refractivity contribution in [3.63, 3.8) is 0 Å². The molecule has 0 fully saturated rings. The highest BCUT2D eigenvalue weighted by Gasteiger charge is 2.31. The quantitative estimate of drug-likeness (QED) is 0.330. The molecule has 0 saturated heterocycles. The van der Waals surface area contributed by atoms with Crippen LogP contribution >= 0.6 is 0 Å². The third-order valence-corrected chi connectivity index (χ3v) is 7.09. The first-order valence-corrected chi connectivity index (χ1v) is 12.8. The average Bonchev–Trinajstić information content (AvgIpc) is 3.34. The van der Waals surface area contributed by atoms with Gasteiger partial charge < -0.3 is 4.98 Å². The first kappa shape index (κ1) is 25.7. The van der Waals surface area contributed by atoms with E-state index in [0.29, 0.717) is 13.1 Å². The van der Waals surface area contributed by atoms with Crippen LogP contribution < -0.4 is 5.56 Å². The molecule has 3 aromatic heterocycles. The van der Waals surface area contributed by atoms with Gasteiger partial charge in [-0.15, -0.1) is 5.10 Å². The Bertz CT molecular complexity index is 1370. The molecule has 1 aromatic carbocycles. The number of nitrogens with zero attached hydrogens (tertiary/aromatic N) is 6. The summed E-state index contributed by atoms with van der Waals surface area (Å²) in [6, 6.07) is 10.2. The van der Waals surface area contributed by atoms with Crippen LogP contribution in [0, 0.1) is 13.8 Å². The SMILES string of the molecule is CCC[C@H](c1nnnn1C(C)(C)CC)N(Cc1cccnc1)Cc1cc2cc(C)cc(C)c2[nH]c1=O. The molecule has 8 heteroatoms. The van der Waals surface area contributed by atoms with Gasteiger partial charge in [-0.3, -0.25) is 14.7 Å². The van der Waals surface area contributed by atoms with Crippen LogP contribution in [-0.2, 0) is 18.6 Å². The smallest absolute Gasteiger partial charge is 0.252 e. The summed E-state index contributed by atoms with van der Waals surface area (Å²) in [7, 11) is 0. The Balaban J connectivity index is 1.81. The van der Waals surface area contributed by atoms with Crippen molar-refractivity contribution in [1.29, 1.82) is 0 Å². The van der Waals surface area contributed by atoms with Crippen LogP contribution in [0.25, 0.3) is 10.9 Å².